The van der Waals surface area contributed by atoms with E-state index in [1.807, 2.05) is 18.7 Å². The van der Waals surface area contributed by atoms with Gasteiger partial charge in [0.15, 0.2) is 0 Å². The topological polar surface area (TPSA) is 35.6 Å². The molecule has 4 nitrogen and oxygen atoms in total. The van der Waals surface area contributed by atoms with E-state index in [0.29, 0.717) is 12.6 Å². The Balaban J connectivity index is 2.36. The summed E-state index contributed by atoms with van der Waals surface area (Å²) in [5, 5.41) is 3.38. The van der Waals surface area contributed by atoms with E-state index in [9.17, 15) is 4.79 Å². The highest BCUT2D eigenvalue weighted by Gasteiger charge is 2.19. The molecule has 0 radical (unpaired) electrons. The van der Waals surface area contributed by atoms with Crippen LogP contribution in [0.3, 0.4) is 0 Å². The van der Waals surface area contributed by atoms with Crippen LogP contribution in [0.5, 0.6) is 0 Å². The first-order valence-electron chi connectivity index (χ1n) is 5.90. The highest BCUT2D eigenvalue weighted by molar-refractivity contribution is 5.78. The molecule has 15 heavy (non-hydrogen) atoms. The third-order valence-corrected chi connectivity index (χ3v) is 2.93. The Hall–Kier alpha value is -0.610. The Bertz CT molecular complexity index is 204. The first-order chi connectivity index (χ1) is 7.17. The van der Waals surface area contributed by atoms with Crippen LogP contribution < -0.4 is 5.32 Å². The molecule has 0 aliphatic carbocycles. The van der Waals surface area contributed by atoms with Gasteiger partial charge in [-0.05, 0) is 20.8 Å². The predicted molar refractivity (Wildman–Crippen MR) is 61.8 cm³/mol. The number of rotatable bonds is 4. The van der Waals surface area contributed by atoms with E-state index in [-0.39, 0.29) is 5.91 Å². The van der Waals surface area contributed by atoms with Crippen LogP contribution in [0.2, 0.25) is 0 Å². The largest absolute Gasteiger partial charge is 0.342 e. The van der Waals surface area contributed by atoms with Crippen molar-refractivity contribution in [3.63, 3.8) is 0 Å². The van der Waals surface area contributed by atoms with Gasteiger partial charge in [-0.3, -0.25) is 9.69 Å². The zero-order valence-corrected chi connectivity index (χ0v) is 10.1. The predicted octanol–water partition coefficient (Wildman–Crippen LogP) is 0.149. The van der Waals surface area contributed by atoms with Crippen molar-refractivity contribution >= 4 is 5.91 Å². The van der Waals surface area contributed by atoms with Crippen LogP contribution in [0.4, 0.5) is 0 Å². The monoisotopic (exact) mass is 213 g/mol. The fraction of sp³-hybridized carbons (Fsp3) is 0.909. The van der Waals surface area contributed by atoms with E-state index >= 15 is 0 Å². The summed E-state index contributed by atoms with van der Waals surface area (Å²) in [6, 6.07) is 0.503. The molecule has 1 aliphatic heterocycles. The number of hydrogen-bond acceptors (Lipinski definition) is 3. The standard InChI is InChI=1S/C11H23N3O/c1-4-14(5-2)11(15)9-13-7-6-12-10(3)8-13/h10,12H,4-9H2,1-3H3. The molecule has 1 saturated heterocycles. The normalized spacial score (nSPS) is 22.7. The summed E-state index contributed by atoms with van der Waals surface area (Å²) < 4.78 is 0. The molecule has 0 saturated carbocycles. The zero-order valence-electron chi connectivity index (χ0n) is 10.1. The van der Waals surface area contributed by atoms with Gasteiger partial charge in [-0.1, -0.05) is 0 Å². The molecule has 1 heterocycles. The van der Waals surface area contributed by atoms with Gasteiger partial charge in [0.25, 0.3) is 0 Å². The van der Waals surface area contributed by atoms with Gasteiger partial charge in [0.1, 0.15) is 0 Å². The molecular formula is C11H23N3O. The minimum atomic E-state index is 0.258. The molecule has 0 aromatic heterocycles. The van der Waals surface area contributed by atoms with E-state index < -0.39 is 0 Å². The Morgan fingerprint density at radius 3 is 2.67 bits per heavy atom. The minimum absolute atomic E-state index is 0.258. The summed E-state index contributed by atoms with van der Waals surface area (Å²) in [5.74, 6) is 0.258. The lowest BCUT2D eigenvalue weighted by Gasteiger charge is -2.32. The highest BCUT2D eigenvalue weighted by Crippen LogP contribution is 2.00. The van der Waals surface area contributed by atoms with Crippen LogP contribution in [0, 0.1) is 0 Å². The van der Waals surface area contributed by atoms with Gasteiger partial charge in [0.05, 0.1) is 6.54 Å². The first-order valence-corrected chi connectivity index (χ1v) is 5.90. The second-order valence-corrected chi connectivity index (χ2v) is 4.16. The minimum Gasteiger partial charge on any atom is -0.342 e. The number of hydrogen-bond donors (Lipinski definition) is 1. The molecule has 0 aromatic carbocycles. The van der Waals surface area contributed by atoms with E-state index in [4.69, 9.17) is 0 Å². The number of carbonyl (C=O) groups is 1. The lowest BCUT2D eigenvalue weighted by molar-refractivity contribution is -0.132. The maximum Gasteiger partial charge on any atom is 0.236 e. The molecule has 4 heteroatoms. The number of nitrogens with one attached hydrogen (secondary N) is 1. The fourth-order valence-corrected chi connectivity index (χ4v) is 2.02. The molecule has 1 fully saturated rings. The third-order valence-electron chi connectivity index (χ3n) is 2.93. The van der Waals surface area contributed by atoms with Gasteiger partial charge in [-0.25, -0.2) is 0 Å². The highest BCUT2D eigenvalue weighted by atomic mass is 16.2. The maximum atomic E-state index is 11.8. The van der Waals surface area contributed by atoms with Crippen LogP contribution in [-0.4, -0.2) is 61.0 Å². The first kappa shape index (κ1) is 12.5. The molecule has 1 aliphatic rings. The quantitative estimate of drug-likeness (QED) is 0.722. The van der Waals surface area contributed by atoms with Crippen molar-refractivity contribution < 1.29 is 4.79 Å². The van der Waals surface area contributed by atoms with Crippen molar-refractivity contribution in [2.75, 3.05) is 39.3 Å². The van der Waals surface area contributed by atoms with E-state index in [2.05, 4.69) is 17.1 Å². The van der Waals surface area contributed by atoms with Gasteiger partial charge < -0.3 is 10.2 Å². The van der Waals surface area contributed by atoms with Crippen molar-refractivity contribution in [3.05, 3.63) is 0 Å². The van der Waals surface area contributed by atoms with Gasteiger partial charge in [-0.15, -0.1) is 0 Å². The lowest BCUT2D eigenvalue weighted by Crippen LogP contribution is -2.52. The van der Waals surface area contributed by atoms with Crippen molar-refractivity contribution in [2.45, 2.75) is 26.8 Å². The smallest absolute Gasteiger partial charge is 0.236 e. The maximum absolute atomic E-state index is 11.8. The van der Waals surface area contributed by atoms with Crippen molar-refractivity contribution in [3.8, 4) is 0 Å². The summed E-state index contributed by atoms with van der Waals surface area (Å²) in [6.45, 7) is 11.4. The summed E-state index contributed by atoms with van der Waals surface area (Å²) in [6.07, 6.45) is 0. The number of piperazine rings is 1. The van der Waals surface area contributed by atoms with Crippen molar-refractivity contribution in [2.24, 2.45) is 0 Å². The third kappa shape index (κ3) is 3.80. The van der Waals surface area contributed by atoms with E-state index in [1.54, 1.807) is 0 Å². The zero-order chi connectivity index (χ0) is 11.3. The summed E-state index contributed by atoms with van der Waals surface area (Å²) in [5.41, 5.74) is 0. The number of nitrogens with zero attached hydrogens (tertiary/aromatic N) is 2. The van der Waals surface area contributed by atoms with Gasteiger partial charge in [0, 0.05) is 38.8 Å². The molecule has 0 aromatic rings. The molecule has 1 rings (SSSR count). The second-order valence-electron chi connectivity index (χ2n) is 4.16. The molecular weight excluding hydrogens is 190 g/mol. The molecule has 1 amide bonds. The van der Waals surface area contributed by atoms with Crippen molar-refractivity contribution in [1.82, 2.24) is 15.1 Å². The molecule has 1 unspecified atom stereocenters. The lowest BCUT2D eigenvalue weighted by atomic mass is 10.2. The molecule has 88 valence electrons. The van der Waals surface area contributed by atoms with Crippen LogP contribution in [0.15, 0.2) is 0 Å². The Morgan fingerprint density at radius 2 is 2.13 bits per heavy atom. The molecule has 0 bridgehead atoms. The van der Waals surface area contributed by atoms with Crippen LogP contribution in [-0.2, 0) is 4.79 Å². The van der Waals surface area contributed by atoms with Crippen LogP contribution in [0.25, 0.3) is 0 Å². The van der Waals surface area contributed by atoms with E-state index in [1.165, 1.54) is 0 Å². The van der Waals surface area contributed by atoms with Gasteiger partial charge in [0.2, 0.25) is 5.91 Å². The Labute approximate surface area is 92.6 Å². The number of carbonyl (C=O) groups excluding carboxylic acids is 1. The summed E-state index contributed by atoms with van der Waals surface area (Å²) >= 11 is 0. The second kappa shape index (κ2) is 6.08. The summed E-state index contributed by atoms with van der Waals surface area (Å²) in [7, 11) is 0. The SMILES string of the molecule is CCN(CC)C(=O)CN1CCNC(C)C1. The van der Waals surface area contributed by atoms with Crippen molar-refractivity contribution in [1.29, 1.82) is 0 Å². The summed E-state index contributed by atoms with van der Waals surface area (Å²) in [4.78, 5) is 16.0. The van der Waals surface area contributed by atoms with Gasteiger partial charge >= 0.3 is 0 Å². The van der Waals surface area contributed by atoms with Gasteiger partial charge in [-0.2, -0.15) is 0 Å². The molecule has 0 spiro atoms. The average molecular weight is 213 g/mol. The van der Waals surface area contributed by atoms with Crippen LogP contribution >= 0.6 is 0 Å². The number of amides is 1. The molecule has 1 N–H and O–H groups in total. The average Bonchev–Trinajstić information content (AvgIpc) is 2.19. The van der Waals surface area contributed by atoms with Crippen LogP contribution in [0.1, 0.15) is 20.8 Å². The molecule has 1 atom stereocenters. The Morgan fingerprint density at radius 1 is 1.47 bits per heavy atom. The fourth-order valence-electron chi connectivity index (χ4n) is 2.02. The van der Waals surface area contributed by atoms with E-state index in [0.717, 1.165) is 32.7 Å². The Kier molecular flexibility index (Phi) is 5.05. The number of likely N-dealkylation sites (N-methyl/N-ethyl adjacent to an activating group) is 1.